The Morgan fingerprint density at radius 2 is 2.13 bits per heavy atom. The van der Waals surface area contributed by atoms with Gasteiger partial charge in [0.2, 0.25) is 0 Å². The van der Waals surface area contributed by atoms with Crippen LogP contribution in [0.4, 0.5) is 0 Å². The van der Waals surface area contributed by atoms with Crippen molar-refractivity contribution in [3.63, 3.8) is 0 Å². The average molecular weight is 226 g/mol. The number of para-hydroxylation sites is 1. The largest absolute Gasteiger partial charge is 0.496 e. The number of benzene rings is 1. The topological polar surface area (TPSA) is 29.5 Å². The molecular formula is C12H18O2S. The molecule has 3 heteroatoms. The fraction of sp³-hybridized carbons (Fsp3) is 0.500. The predicted octanol–water partition coefficient (Wildman–Crippen LogP) is 2.87. The Labute approximate surface area is 95.7 Å². The lowest BCUT2D eigenvalue weighted by atomic mass is 10.1. The van der Waals surface area contributed by atoms with Gasteiger partial charge in [-0.25, -0.2) is 0 Å². The summed E-state index contributed by atoms with van der Waals surface area (Å²) in [4.78, 5) is 0. The van der Waals surface area contributed by atoms with Crippen LogP contribution in [0.1, 0.15) is 25.0 Å². The summed E-state index contributed by atoms with van der Waals surface area (Å²) in [6, 6.07) is 7.62. The first-order chi connectivity index (χ1) is 7.29. The van der Waals surface area contributed by atoms with Gasteiger partial charge < -0.3 is 9.84 Å². The van der Waals surface area contributed by atoms with Gasteiger partial charge in [0.15, 0.2) is 0 Å². The van der Waals surface area contributed by atoms with E-state index in [4.69, 9.17) is 4.74 Å². The lowest BCUT2D eigenvalue weighted by Crippen LogP contribution is -2.03. The summed E-state index contributed by atoms with van der Waals surface area (Å²) >= 11 is 1.77. The van der Waals surface area contributed by atoms with E-state index in [-0.39, 0.29) is 0 Å². The molecule has 0 aliphatic carbocycles. The van der Waals surface area contributed by atoms with Gasteiger partial charge in [-0.1, -0.05) is 25.1 Å². The van der Waals surface area contributed by atoms with Crippen molar-refractivity contribution in [2.24, 2.45) is 0 Å². The van der Waals surface area contributed by atoms with Gasteiger partial charge in [-0.3, -0.25) is 0 Å². The summed E-state index contributed by atoms with van der Waals surface area (Å²) in [6.07, 6.45) is 0.709. The summed E-state index contributed by atoms with van der Waals surface area (Å²) in [5, 5.41) is 9.96. The number of hydrogen-bond acceptors (Lipinski definition) is 3. The minimum Gasteiger partial charge on any atom is -0.496 e. The van der Waals surface area contributed by atoms with Gasteiger partial charge in [0.05, 0.1) is 13.2 Å². The van der Waals surface area contributed by atoms with E-state index in [9.17, 15) is 5.11 Å². The molecule has 0 radical (unpaired) electrons. The lowest BCUT2D eigenvalue weighted by molar-refractivity contribution is 0.199. The van der Waals surface area contributed by atoms with Crippen LogP contribution in [0.5, 0.6) is 5.75 Å². The zero-order chi connectivity index (χ0) is 11.1. The van der Waals surface area contributed by atoms with Crippen molar-refractivity contribution in [3.05, 3.63) is 29.8 Å². The van der Waals surface area contributed by atoms with E-state index in [1.807, 2.05) is 24.3 Å². The highest BCUT2D eigenvalue weighted by Crippen LogP contribution is 2.27. The van der Waals surface area contributed by atoms with Crippen LogP contribution in [0, 0.1) is 0 Å². The van der Waals surface area contributed by atoms with Crippen molar-refractivity contribution in [1.82, 2.24) is 0 Å². The number of aliphatic hydroxyl groups is 1. The summed E-state index contributed by atoms with van der Waals surface area (Å²) in [5.74, 6) is 2.59. The smallest absolute Gasteiger partial charge is 0.124 e. The first-order valence-electron chi connectivity index (χ1n) is 5.18. The minimum absolute atomic E-state index is 0.433. The SMILES string of the molecule is CCCSCC(O)c1ccccc1OC. The third kappa shape index (κ3) is 3.76. The van der Waals surface area contributed by atoms with E-state index in [1.54, 1.807) is 18.9 Å². The number of rotatable bonds is 6. The van der Waals surface area contributed by atoms with Gasteiger partial charge in [0.25, 0.3) is 0 Å². The standard InChI is InChI=1S/C12H18O2S/c1-3-8-15-9-11(13)10-6-4-5-7-12(10)14-2/h4-7,11,13H,3,8-9H2,1-2H3. The van der Waals surface area contributed by atoms with Crippen LogP contribution in [0.2, 0.25) is 0 Å². The quantitative estimate of drug-likeness (QED) is 0.756. The van der Waals surface area contributed by atoms with Gasteiger partial charge >= 0.3 is 0 Å². The highest BCUT2D eigenvalue weighted by Gasteiger charge is 2.11. The maximum atomic E-state index is 9.96. The summed E-state index contributed by atoms with van der Waals surface area (Å²) in [7, 11) is 1.63. The van der Waals surface area contributed by atoms with Gasteiger partial charge in [-0.05, 0) is 18.2 Å². The first-order valence-corrected chi connectivity index (χ1v) is 6.33. The molecule has 84 valence electrons. The second-order valence-corrected chi connectivity index (χ2v) is 4.48. The average Bonchev–Trinajstić information content (AvgIpc) is 2.29. The Morgan fingerprint density at radius 3 is 2.80 bits per heavy atom. The number of ether oxygens (including phenoxy) is 1. The van der Waals surface area contributed by atoms with Crippen molar-refractivity contribution in [2.75, 3.05) is 18.6 Å². The number of thioether (sulfide) groups is 1. The van der Waals surface area contributed by atoms with Crippen LogP contribution in [0.3, 0.4) is 0 Å². The maximum absolute atomic E-state index is 9.96. The van der Waals surface area contributed by atoms with Crippen molar-refractivity contribution in [2.45, 2.75) is 19.4 Å². The van der Waals surface area contributed by atoms with Gasteiger partial charge in [0, 0.05) is 11.3 Å². The van der Waals surface area contributed by atoms with E-state index in [0.717, 1.165) is 29.2 Å². The number of aliphatic hydroxyl groups excluding tert-OH is 1. The van der Waals surface area contributed by atoms with E-state index in [0.29, 0.717) is 0 Å². The molecule has 0 bridgehead atoms. The Kier molecular flexibility index (Phi) is 5.58. The molecule has 15 heavy (non-hydrogen) atoms. The van der Waals surface area contributed by atoms with Crippen molar-refractivity contribution in [1.29, 1.82) is 0 Å². The van der Waals surface area contributed by atoms with Crippen LogP contribution in [0.25, 0.3) is 0 Å². The Hall–Kier alpha value is -0.670. The molecule has 0 saturated carbocycles. The highest BCUT2D eigenvalue weighted by molar-refractivity contribution is 7.99. The van der Waals surface area contributed by atoms with E-state index >= 15 is 0 Å². The Balaban J connectivity index is 2.59. The molecule has 1 N–H and O–H groups in total. The van der Waals surface area contributed by atoms with Crippen molar-refractivity contribution >= 4 is 11.8 Å². The first kappa shape index (κ1) is 12.4. The molecule has 0 amide bonds. The molecule has 0 aliphatic heterocycles. The van der Waals surface area contributed by atoms with Crippen molar-refractivity contribution in [3.8, 4) is 5.75 Å². The predicted molar refractivity (Wildman–Crippen MR) is 65.6 cm³/mol. The van der Waals surface area contributed by atoms with Crippen molar-refractivity contribution < 1.29 is 9.84 Å². The van der Waals surface area contributed by atoms with Crippen LogP contribution >= 0.6 is 11.8 Å². The van der Waals surface area contributed by atoms with Crippen LogP contribution in [-0.2, 0) is 0 Å². The third-order valence-corrected chi connectivity index (χ3v) is 3.37. The van der Waals surface area contributed by atoms with Gasteiger partial charge in [-0.15, -0.1) is 0 Å². The monoisotopic (exact) mass is 226 g/mol. The summed E-state index contributed by atoms with van der Waals surface area (Å²) < 4.78 is 5.20. The molecule has 1 rings (SSSR count). The molecule has 0 fully saturated rings. The molecule has 0 aromatic heterocycles. The lowest BCUT2D eigenvalue weighted by Gasteiger charge is -2.13. The molecule has 1 atom stereocenters. The second kappa shape index (κ2) is 6.75. The third-order valence-electron chi connectivity index (χ3n) is 2.12. The minimum atomic E-state index is -0.433. The van der Waals surface area contributed by atoms with E-state index in [1.165, 1.54) is 0 Å². The second-order valence-electron chi connectivity index (χ2n) is 3.33. The fourth-order valence-electron chi connectivity index (χ4n) is 1.37. The summed E-state index contributed by atoms with van der Waals surface area (Å²) in [6.45, 7) is 2.14. The van der Waals surface area contributed by atoms with Crippen LogP contribution in [-0.4, -0.2) is 23.7 Å². The normalized spacial score (nSPS) is 12.5. The zero-order valence-corrected chi connectivity index (χ0v) is 10.1. The van der Waals surface area contributed by atoms with Crippen LogP contribution in [0.15, 0.2) is 24.3 Å². The number of hydrogen-bond donors (Lipinski definition) is 1. The zero-order valence-electron chi connectivity index (χ0n) is 9.27. The molecule has 0 spiro atoms. The van der Waals surface area contributed by atoms with E-state index in [2.05, 4.69) is 6.92 Å². The molecule has 0 heterocycles. The fourth-order valence-corrected chi connectivity index (χ4v) is 2.23. The maximum Gasteiger partial charge on any atom is 0.124 e. The van der Waals surface area contributed by atoms with Gasteiger partial charge in [0.1, 0.15) is 5.75 Å². The van der Waals surface area contributed by atoms with Gasteiger partial charge in [-0.2, -0.15) is 11.8 Å². The highest BCUT2D eigenvalue weighted by atomic mass is 32.2. The molecule has 2 nitrogen and oxygen atoms in total. The summed E-state index contributed by atoms with van der Waals surface area (Å²) in [5.41, 5.74) is 0.878. The molecule has 1 unspecified atom stereocenters. The number of methoxy groups -OCH3 is 1. The Bertz CT molecular complexity index is 289. The van der Waals surface area contributed by atoms with E-state index < -0.39 is 6.10 Å². The molecule has 0 saturated heterocycles. The molecule has 0 aliphatic rings. The Morgan fingerprint density at radius 1 is 1.40 bits per heavy atom. The molecular weight excluding hydrogens is 208 g/mol. The molecule has 1 aromatic carbocycles. The van der Waals surface area contributed by atoms with Crippen LogP contribution < -0.4 is 4.74 Å². The molecule has 1 aromatic rings.